The summed E-state index contributed by atoms with van der Waals surface area (Å²) >= 11 is 3.21. The summed E-state index contributed by atoms with van der Waals surface area (Å²) in [5.74, 6) is 0. The van der Waals surface area contributed by atoms with Crippen LogP contribution in [0.15, 0.2) is 15.3 Å². The molecule has 2 heterocycles. The van der Waals surface area contributed by atoms with Crippen molar-refractivity contribution in [2.75, 3.05) is 13.6 Å². The molecule has 2 rings (SSSR count). The van der Waals surface area contributed by atoms with E-state index in [0.29, 0.717) is 10.5 Å². The Morgan fingerprint density at radius 3 is 3.13 bits per heavy atom. The minimum Gasteiger partial charge on any atom is -0.303 e. The SMILES string of the molecule is CN1CCCC1Cc1cc(Br)c(=O)[nH]n1. The lowest BCUT2D eigenvalue weighted by atomic mass is 10.1. The number of halogens is 1. The van der Waals surface area contributed by atoms with Gasteiger partial charge < -0.3 is 4.90 Å². The maximum atomic E-state index is 11.1. The molecule has 1 saturated heterocycles. The summed E-state index contributed by atoms with van der Waals surface area (Å²) in [4.78, 5) is 13.4. The second kappa shape index (κ2) is 4.45. The molecule has 1 aliphatic rings. The Labute approximate surface area is 96.8 Å². The van der Waals surface area contributed by atoms with E-state index < -0.39 is 0 Å². The summed E-state index contributed by atoms with van der Waals surface area (Å²) in [5, 5.41) is 6.53. The topological polar surface area (TPSA) is 49.0 Å². The van der Waals surface area contributed by atoms with Crippen LogP contribution in [0.25, 0.3) is 0 Å². The Hall–Kier alpha value is -0.680. The van der Waals surface area contributed by atoms with Crippen molar-refractivity contribution in [3.8, 4) is 0 Å². The van der Waals surface area contributed by atoms with Gasteiger partial charge in [-0.25, -0.2) is 5.10 Å². The van der Waals surface area contributed by atoms with Crippen LogP contribution >= 0.6 is 15.9 Å². The number of aromatic nitrogens is 2. The van der Waals surface area contributed by atoms with Crippen LogP contribution in [0, 0.1) is 0 Å². The van der Waals surface area contributed by atoms with Crippen LogP contribution in [0.3, 0.4) is 0 Å². The molecule has 4 nitrogen and oxygen atoms in total. The van der Waals surface area contributed by atoms with Gasteiger partial charge in [0, 0.05) is 12.5 Å². The zero-order valence-corrected chi connectivity index (χ0v) is 10.2. The van der Waals surface area contributed by atoms with E-state index >= 15 is 0 Å². The molecule has 15 heavy (non-hydrogen) atoms. The van der Waals surface area contributed by atoms with Crippen molar-refractivity contribution < 1.29 is 0 Å². The average Bonchev–Trinajstić information content (AvgIpc) is 2.59. The predicted molar refractivity (Wildman–Crippen MR) is 61.9 cm³/mol. The van der Waals surface area contributed by atoms with Crippen molar-refractivity contribution in [3.05, 3.63) is 26.6 Å². The van der Waals surface area contributed by atoms with E-state index in [1.807, 2.05) is 6.07 Å². The highest BCUT2D eigenvalue weighted by molar-refractivity contribution is 9.10. The van der Waals surface area contributed by atoms with Crippen molar-refractivity contribution in [1.29, 1.82) is 0 Å². The molecule has 82 valence electrons. The van der Waals surface area contributed by atoms with E-state index in [1.165, 1.54) is 12.8 Å². The first-order valence-electron chi connectivity index (χ1n) is 5.11. The Balaban J connectivity index is 2.10. The zero-order chi connectivity index (χ0) is 10.8. The molecule has 0 bridgehead atoms. The highest BCUT2D eigenvalue weighted by atomic mass is 79.9. The van der Waals surface area contributed by atoms with Crippen LogP contribution in [0.1, 0.15) is 18.5 Å². The van der Waals surface area contributed by atoms with Gasteiger partial charge in [0.2, 0.25) is 0 Å². The van der Waals surface area contributed by atoms with Gasteiger partial charge in [0.1, 0.15) is 0 Å². The number of aromatic amines is 1. The standard InChI is InChI=1S/C10H14BrN3O/c1-14-4-2-3-8(14)5-7-6-9(11)10(15)13-12-7/h6,8H,2-5H2,1H3,(H,13,15). The number of likely N-dealkylation sites (N-methyl/N-ethyl adjacent to an activating group) is 1. The first-order chi connectivity index (χ1) is 7.16. The first kappa shape index (κ1) is 10.8. The zero-order valence-electron chi connectivity index (χ0n) is 8.66. The molecular formula is C10H14BrN3O. The number of nitrogens with one attached hydrogen (secondary N) is 1. The van der Waals surface area contributed by atoms with Gasteiger partial charge in [-0.3, -0.25) is 4.79 Å². The summed E-state index contributed by atoms with van der Waals surface area (Å²) in [6, 6.07) is 2.38. The van der Waals surface area contributed by atoms with E-state index in [4.69, 9.17) is 0 Å². The van der Waals surface area contributed by atoms with E-state index in [0.717, 1.165) is 18.7 Å². The van der Waals surface area contributed by atoms with Gasteiger partial charge in [0.05, 0.1) is 10.2 Å². The van der Waals surface area contributed by atoms with Crippen molar-refractivity contribution in [2.24, 2.45) is 0 Å². The van der Waals surface area contributed by atoms with Gasteiger partial charge >= 0.3 is 0 Å². The third-order valence-corrected chi connectivity index (χ3v) is 3.52. The largest absolute Gasteiger partial charge is 0.303 e. The third-order valence-electron chi connectivity index (χ3n) is 2.93. The number of H-pyrrole nitrogens is 1. The minimum absolute atomic E-state index is 0.168. The number of rotatable bonds is 2. The van der Waals surface area contributed by atoms with Crippen LogP contribution in [-0.2, 0) is 6.42 Å². The van der Waals surface area contributed by atoms with Crippen LogP contribution in [0.5, 0.6) is 0 Å². The lowest BCUT2D eigenvalue weighted by Crippen LogP contribution is -2.27. The highest BCUT2D eigenvalue weighted by Crippen LogP contribution is 2.18. The number of hydrogen-bond donors (Lipinski definition) is 1. The Morgan fingerprint density at radius 1 is 1.73 bits per heavy atom. The predicted octanol–water partition coefficient (Wildman–Crippen LogP) is 1.17. The second-order valence-corrected chi connectivity index (χ2v) is 4.87. The van der Waals surface area contributed by atoms with Crippen LogP contribution in [0.2, 0.25) is 0 Å². The quantitative estimate of drug-likeness (QED) is 0.879. The smallest absolute Gasteiger partial charge is 0.278 e. The van der Waals surface area contributed by atoms with Gasteiger partial charge in [0.15, 0.2) is 0 Å². The van der Waals surface area contributed by atoms with Gasteiger partial charge in [0.25, 0.3) is 5.56 Å². The van der Waals surface area contributed by atoms with Crippen LogP contribution in [0.4, 0.5) is 0 Å². The van der Waals surface area contributed by atoms with E-state index in [2.05, 4.69) is 38.1 Å². The molecule has 1 aliphatic heterocycles. The Morgan fingerprint density at radius 2 is 2.53 bits per heavy atom. The lowest BCUT2D eigenvalue weighted by molar-refractivity contribution is 0.307. The maximum Gasteiger partial charge on any atom is 0.278 e. The van der Waals surface area contributed by atoms with Crippen molar-refractivity contribution in [2.45, 2.75) is 25.3 Å². The average molecular weight is 272 g/mol. The number of hydrogen-bond acceptors (Lipinski definition) is 3. The van der Waals surface area contributed by atoms with Crippen LogP contribution in [-0.4, -0.2) is 34.7 Å². The Bertz CT molecular complexity index is 404. The van der Waals surface area contributed by atoms with E-state index in [-0.39, 0.29) is 5.56 Å². The summed E-state index contributed by atoms with van der Waals surface area (Å²) in [6.45, 7) is 1.16. The molecule has 5 heteroatoms. The molecule has 0 amide bonds. The Kier molecular flexibility index (Phi) is 3.21. The first-order valence-corrected chi connectivity index (χ1v) is 5.90. The second-order valence-electron chi connectivity index (χ2n) is 4.02. The van der Waals surface area contributed by atoms with Crippen molar-refractivity contribution >= 4 is 15.9 Å². The molecule has 0 aliphatic carbocycles. The fourth-order valence-corrected chi connectivity index (χ4v) is 2.36. The molecule has 1 aromatic heterocycles. The summed E-state index contributed by atoms with van der Waals surface area (Å²) in [7, 11) is 2.14. The molecule has 1 fully saturated rings. The summed E-state index contributed by atoms with van der Waals surface area (Å²) in [6.07, 6.45) is 3.38. The maximum absolute atomic E-state index is 11.1. The molecular weight excluding hydrogens is 258 g/mol. The lowest BCUT2D eigenvalue weighted by Gasteiger charge is -2.18. The minimum atomic E-state index is -0.168. The molecule has 1 aromatic rings. The van der Waals surface area contributed by atoms with Gasteiger partial charge in [-0.2, -0.15) is 5.10 Å². The number of likely N-dealkylation sites (tertiary alicyclic amines) is 1. The highest BCUT2D eigenvalue weighted by Gasteiger charge is 2.21. The third kappa shape index (κ3) is 2.46. The molecule has 0 radical (unpaired) electrons. The molecule has 1 N–H and O–H groups in total. The molecule has 0 saturated carbocycles. The fraction of sp³-hybridized carbons (Fsp3) is 0.600. The van der Waals surface area contributed by atoms with E-state index in [9.17, 15) is 4.79 Å². The molecule has 0 aromatic carbocycles. The van der Waals surface area contributed by atoms with Crippen molar-refractivity contribution in [3.63, 3.8) is 0 Å². The monoisotopic (exact) mass is 271 g/mol. The number of nitrogens with zero attached hydrogens (tertiary/aromatic N) is 2. The van der Waals surface area contributed by atoms with Crippen molar-refractivity contribution in [1.82, 2.24) is 15.1 Å². The summed E-state index contributed by atoms with van der Waals surface area (Å²) < 4.78 is 0.563. The van der Waals surface area contributed by atoms with Gasteiger partial charge in [-0.15, -0.1) is 0 Å². The molecule has 1 atom stereocenters. The summed E-state index contributed by atoms with van der Waals surface area (Å²) in [5.41, 5.74) is 0.777. The van der Waals surface area contributed by atoms with E-state index in [1.54, 1.807) is 0 Å². The van der Waals surface area contributed by atoms with Crippen LogP contribution < -0.4 is 5.56 Å². The normalized spacial score (nSPS) is 22.1. The molecule has 0 spiro atoms. The fourth-order valence-electron chi connectivity index (χ4n) is 2.00. The van der Waals surface area contributed by atoms with Gasteiger partial charge in [-0.05, 0) is 48.4 Å². The van der Waals surface area contributed by atoms with Gasteiger partial charge in [-0.1, -0.05) is 0 Å². The molecule has 1 unspecified atom stereocenters.